The average molecular weight is 240 g/mol. The molecule has 0 aromatic carbocycles. The molecule has 0 radical (unpaired) electrons. The summed E-state index contributed by atoms with van der Waals surface area (Å²) < 4.78 is 0. The third-order valence-electron chi connectivity index (χ3n) is 3.11. The maximum absolute atomic E-state index is 11.9. The van der Waals surface area contributed by atoms with Gasteiger partial charge in [-0.15, -0.1) is 0 Å². The molecule has 0 aliphatic carbocycles. The molecule has 17 heavy (non-hydrogen) atoms. The van der Waals surface area contributed by atoms with Crippen molar-refractivity contribution in [2.45, 2.75) is 58.4 Å². The van der Waals surface area contributed by atoms with Crippen LogP contribution in [0.2, 0.25) is 0 Å². The first-order chi connectivity index (χ1) is 8.20. The topological polar surface area (TPSA) is 49.4 Å². The van der Waals surface area contributed by atoms with Gasteiger partial charge in [0.15, 0.2) is 0 Å². The van der Waals surface area contributed by atoms with Crippen LogP contribution in [0.5, 0.6) is 0 Å². The molecule has 1 aliphatic heterocycles. The maximum Gasteiger partial charge on any atom is 0.246 e. The van der Waals surface area contributed by atoms with Gasteiger partial charge in [-0.05, 0) is 19.4 Å². The van der Waals surface area contributed by atoms with E-state index in [1.54, 1.807) is 0 Å². The molecule has 1 rings (SSSR count). The van der Waals surface area contributed by atoms with Gasteiger partial charge in [0, 0.05) is 6.54 Å². The van der Waals surface area contributed by atoms with Crippen molar-refractivity contribution < 1.29 is 9.59 Å². The smallest absolute Gasteiger partial charge is 0.246 e. The Morgan fingerprint density at radius 2 is 1.94 bits per heavy atom. The summed E-state index contributed by atoms with van der Waals surface area (Å²) >= 11 is 0. The third-order valence-corrected chi connectivity index (χ3v) is 3.11. The zero-order valence-electron chi connectivity index (χ0n) is 11.0. The van der Waals surface area contributed by atoms with Crippen molar-refractivity contribution in [3.8, 4) is 0 Å². The van der Waals surface area contributed by atoms with Crippen LogP contribution in [-0.4, -0.2) is 35.8 Å². The number of unbranched alkanes of at least 4 members (excludes halogenated alkanes) is 3. The van der Waals surface area contributed by atoms with Gasteiger partial charge in [-0.3, -0.25) is 14.5 Å². The van der Waals surface area contributed by atoms with E-state index in [-0.39, 0.29) is 17.9 Å². The Hall–Kier alpha value is -0.900. The highest BCUT2D eigenvalue weighted by atomic mass is 16.2. The van der Waals surface area contributed by atoms with Crippen molar-refractivity contribution in [3.05, 3.63) is 0 Å². The Bertz CT molecular complexity index is 266. The molecular weight excluding hydrogens is 216 g/mol. The lowest BCUT2D eigenvalue weighted by Gasteiger charge is -2.14. The lowest BCUT2D eigenvalue weighted by molar-refractivity contribution is -0.138. The minimum atomic E-state index is -0.268. The number of rotatable bonds is 8. The molecule has 4 heteroatoms. The van der Waals surface area contributed by atoms with Crippen LogP contribution in [-0.2, 0) is 9.59 Å². The first-order valence-corrected chi connectivity index (χ1v) is 6.78. The SMILES string of the molecule is CCCCCCNC1CC(=O)N(CCC)C1=O. The van der Waals surface area contributed by atoms with Gasteiger partial charge in [0.1, 0.15) is 0 Å². The fourth-order valence-electron chi connectivity index (χ4n) is 2.13. The first kappa shape index (κ1) is 14.2. The number of carbonyl (C=O) groups excluding carboxylic acids is 2. The number of carbonyl (C=O) groups is 2. The minimum Gasteiger partial charge on any atom is -0.305 e. The van der Waals surface area contributed by atoms with Gasteiger partial charge in [-0.25, -0.2) is 0 Å². The number of nitrogens with one attached hydrogen (secondary N) is 1. The molecule has 1 heterocycles. The average Bonchev–Trinajstić information content (AvgIpc) is 2.57. The molecule has 0 spiro atoms. The number of amides is 2. The van der Waals surface area contributed by atoms with Crippen molar-refractivity contribution in [1.29, 1.82) is 0 Å². The van der Waals surface area contributed by atoms with E-state index >= 15 is 0 Å². The number of hydrogen-bond acceptors (Lipinski definition) is 3. The van der Waals surface area contributed by atoms with Crippen molar-refractivity contribution in [3.63, 3.8) is 0 Å². The molecule has 98 valence electrons. The lowest BCUT2D eigenvalue weighted by atomic mass is 10.2. The van der Waals surface area contributed by atoms with E-state index in [4.69, 9.17) is 0 Å². The Morgan fingerprint density at radius 3 is 2.59 bits per heavy atom. The lowest BCUT2D eigenvalue weighted by Crippen LogP contribution is -2.39. The maximum atomic E-state index is 11.9. The van der Waals surface area contributed by atoms with E-state index in [1.807, 2.05) is 6.92 Å². The Labute approximate surface area is 104 Å². The summed E-state index contributed by atoms with van der Waals surface area (Å²) in [6.07, 6.45) is 5.90. The number of imide groups is 1. The van der Waals surface area contributed by atoms with Crippen LogP contribution < -0.4 is 5.32 Å². The summed E-state index contributed by atoms with van der Waals surface area (Å²) in [4.78, 5) is 24.8. The van der Waals surface area contributed by atoms with E-state index in [0.29, 0.717) is 13.0 Å². The molecule has 1 fully saturated rings. The molecule has 0 aromatic heterocycles. The van der Waals surface area contributed by atoms with Gasteiger partial charge in [-0.2, -0.15) is 0 Å². The molecular formula is C13H24N2O2. The van der Waals surface area contributed by atoms with Gasteiger partial charge in [-0.1, -0.05) is 33.1 Å². The monoisotopic (exact) mass is 240 g/mol. The van der Waals surface area contributed by atoms with Crippen molar-refractivity contribution in [2.24, 2.45) is 0 Å². The summed E-state index contributed by atoms with van der Waals surface area (Å²) in [6, 6.07) is -0.268. The molecule has 0 bridgehead atoms. The van der Waals surface area contributed by atoms with Crippen LogP contribution >= 0.6 is 0 Å². The van der Waals surface area contributed by atoms with Crippen molar-refractivity contribution >= 4 is 11.8 Å². The van der Waals surface area contributed by atoms with Crippen LogP contribution in [0.25, 0.3) is 0 Å². The highest BCUT2D eigenvalue weighted by Gasteiger charge is 2.37. The van der Waals surface area contributed by atoms with Gasteiger partial charge in [0.25, 0.3) is 0 Å². The number of hydrogen-bond donors (Lipinski definition) is 1. The molecule has 1 unspecified atom stereocenters. The molecule has 0 saturated carbocycles. The van der Waals surface area contributed by atoms with Gasteiger partial charge < -0.3 is 5.32 Å². The third kappa shape index (κ3) is 4.11. The second kappa shape index (κ2) is 7.43. The van der Waals surface area contributed by atoms with E-state index in [0.717, 1.165) is 19.4 Å². The number of nitrogens with zero attached hydrogens (tertiary/aromatic N) is 1. The van der Waals surface area contributed by atoms with Gasteiger partial charge in [0.2, 0.25) is 11.8 Å². The fraction of sp³-hybridized carbons (Fsp3) is 0.846. The van der Waals surface area contributed by atoms with Crippen LogP contribution in [0.15, 0.2) is 0 Å². The van der Waals surface area contributed by atoms with Crippen LogP contribution in [0.4, 0.5) is 0 Å². The summed E-state index contributed by atoms with van der Waals surface area (Å²) in [5.74, 6) is -0.0600. The Balaban J connectivity index is 2.26. The minimum absolute atomic E-state index is 0.0251. The summed E-state index contributed by atoms with van der Waals surface area (Å²) in [5.41, 5.74) is 0. The largest absolute Gasteiger partial charge is 0.305 e. The standard InChI is InChI=1S/C13H24N2O2/c1-3-5-6-7-8-14-11-10-12(16)15(9-4-2)13(11)17/h11,14H,3-10H2,1-2H3. The highest BCUT2D eigenvalue weighted by molar-refractivity contribution is 6.05. The summed E-state index contributed by atoms with van der Waals surface area (Å²) in [6.45, 7) is 5.55. The Morgan fingerprint density at radius 1 is 1.18 bits per heavy atom. The second-order valence-electron chi connectivity index (χ2n) is 4.66. The zero-order chi connectivity index (χ0) is 12.7. The van der Waals surface area contributed by atoms with Crippen molar-refractivity contribution in [1.82, 2.24) is 10.2 Å². The quantitative estimate of drug-likeness (QED) is 0.519. The van der Waals surface area contributed by atoms with E-state index < -0.39 is 0 Å². The predicted octanol–water partition coefficient (Wildman–Crippen LogP) is 1.69. The van der Waals surface area contributed by atoms with E-state index in [2.05, 4.69) is 12.2 Å². The summed E-state index contributed by atoms with van der Waals surface area (Å²) in [7, 11) is 0. The molecule has 1 N–H and O–H groups in total. The molecule has 1 atom stereocenters. The first-order valence-electron chi connectivity index (χ1n) is 6.78. The van der Waals surface area contributed by atoms with Crippen LogP contribution in [0.1, 0.15) is 52.4 Å². The van der Waals surface area contributed by atoms with Crippen molar-refractivity contribution in [2.75, 3.05) is 13.1 Å². The molecule has 1 saturated heterocycles. The summed E-state index contributed by atoms with van der Waals surface area (Å²) in [5, 5.41) is 3.20. The Kier molecular flexibility index (Phi) is 6.19. The predicted molar refractivity (Wildman–Crippen MR) is 67.6 cm³/mol. The fourth-order valence-corrected chi connectivity index (χ4v) is 2.13. The number of likely N-dealkylation sites (tertiary alicyclic amines) is 1. The molecule has 4 nitrogen and oxygen atoms in total. The normalized spacial score (nSPS) is 20.4. The molecule has 1 aliphatic rings. The molecule has 2 amide bonds. The van der Waals surface area contributed by atoms with E-state index in [1.165, 1.54) is 24.2 Å². The highest BCUT2D eigenvalue weighted by Crippen LogP contribution is 2.13. The zero-order valence-corrected chi connectivity index (χ0v) is 11.0. The second-order valence-corrected chi connectivity index (χ2v) is 4.66. The van der Waals surface area contributed by atoms with Gasteiger partial charge >= 0.3 is 0 Å². The van der Waals surface area contributed by atoms with Gasteiger partial charge in [0.05, 0.1) is 12.5 Å². The molecule has 0 aromatic rings. The van der Waals surface area contributed by atoms with E-state index in [9.17, 15) is 9.59 Å². The van der Waals surface area contributed by atoms with Crippen LogP contribution in [0.3, 0.4) is 0 Å². The van der Waals surface area contributed by atoms with Crippen LogP contribution in [0, 0.1) is 0 Å².